The van der Waals surface area contributed by atoms with Crippen LogP contribution in [0.15, 0.2) is 35.3 Å². The van der Waals surface area contributed by atoms with Crippen molar-refractivity contribution in [3.8, 4) is 0 Å². The molecular weight excluding hydrogens is 433 g/mol. The van der Waals surface area contributed by atoms with Crippen LogP contribution < -0.4 is 21.4 Å². The zero-order valence-electron chi connectivity index (χ0n) is 17.0. The number of benzene rings is 1. The van der Waals surface area contributed by atoms with E-state index in [1.54, 1.807) is 12.1 Å². The third kappa shape index (κ3) is 6.03. The van der Waals surface area contributed by atoms with E-state index in [0.717, 1.165) is 0 Å². The Bertz CT molecular complexity index is 1250. The summed E-state index contributed by atoms with van der Waals surface area (Å²) in [7, 11) is 5.23. The number of carbonyl (C=O) groups is 3. The van der Waals surface area contributed by atoms with E-state index in [-0.39, 0.29) is 42.1 Å². The number of aromatic nitrogens is 4. The average Bonchev–Trinajstić information content (AvgIpc) is 2.80. The number of hydrogen-bond donors (Lipinski definition) is 6. The molecule has 0 aliphatic carbocycles. The maximum atomic E-state index is 12.3. The molecule has 13 nitrogen and oxygen atoms in total. The molecule has 2 radical (unpaired) electrons. The van der Waals surface area contributed by atoms with Crippen LogP contribution in [0, 0.1) is 0 Å². The number of carbonyl (C=O) groups excluding carboxylic acids is 1. The summed E-state index contributed by atoms with van der Waals surface area (Å²) in [6.45, 7) is 0.223. The molecule has 0 bridgehead atoms. The topological polar surface area (TPSA) is 199 Å². The maximum Gasteiger partial charge on any atom is 0.326 e. The second-order valence-corrected chi connectivity index (χ2v) is 6.82. The molecule has 6 N–H and O–H groups in total. The minimum Gasteiger partial charge on any atom is -0.481 e. The molecule has 1 amide bonds. The number of amides is 1. The van der Waals surface area contributed by atoms with E-state index in [4.69, 9.17) is 18.2 Å². The number of rotatable bonds is 10. The Hall–Kier alpha value is -4.49. The largest absolute Gasteiger partial charge is 0.481 e. The first-order valence-electron chi connectivity index (χ1n) is 9.58. The normalized spacial score (nSPS) is 11.5. The van der Waals surface area contributed by atoms with Gasteiger partial charge in [0.2, 0.25) is 7.98 Å². The predicted octanol–water partition coefficient (Wildman–Crippen LogP) is -0.132. The van der Waals surface area contributed by atoms with Crippen LogP contribution in [0.2, 0.25) is 0 Å². The monoisotopic (exact) mass is 451 g/mol. The van der Waals surface area contributed by atoms with Crippen molar-refractivity contribution in [2.45, 2.75) is 25.4 Å². The minimum absolute atomic E-state index is 0.0520. The fourth-order valence-electron chi connectivity index (χ4n) is 2.81. The van der Waals surface area contributed by atoms with Crippen LogP contribution in [-0.4, -0.2) is 62.0 Å². The van der Waals surface area contributed by atoms with Gasteiger partial charge >= 0.3 is 11.9 Å². The first kappa shape index (κ1) is 23.2. The van der Waals surface area contributed by atoms with Crippen molar-refractivity contribution in [2.24, 2.45) is 0 Å². The van der Waals surface area contributed by atoms with Crippen molar-refractivity contribution in [3.63, 3.8) is 0 Å². The lowest BCUT2D eigenvalue weighted by Gasteiger charge is -2.14. The van der Waals surface area contributed by atoms with E-state index < -0.39 is 29.4 Å². The summed E-state index contributed by atoms with van der Waals surface area (Å²) in [4.78, 5) is 61.0. The molecule has 0 saturated heterocycles. The molecule has 0 saturated carbocycles. The number of fused-ring (bicyclic) bond motifs is 1. The van der Waals surface area contributed by atoms with Gasteiger partial charge in [0.1, 0.15) is 6.04 Å². The second-order valence-electron chi connectivity index (χ2n) is 6.82. The Balaban J connectivity index is 1.63. The Morgan fingerprint density at radius 3 is 2.48 bits per heavy atom. The molecule has 0 fully saturated rings. The van der Waals surface area contributed by atoms with Crippen LogP contribution >= 0.6 is 0 Å². The molecule has 0 aliphatic rings. The van der Waals surface area contributed by atoms with E-state index in [0.29, 0.717) is 11.4 Å². The molecule has 3 aromatic rings. The van der Waals surface area contributed by atoms with Crippen LogP contribution in [0.25, 0.3) is 11.2 Å². The Kier molecular flexibility index (Phi) is 7.18. The Morgan fingerprint density at radius 2 is 1.85 bits per heavy atom. The third-order valence-electron chi connectivity index (χ3n) is 4.48. The van der Waals surface area contributed by atoms with Crippen LogP contribution in [-0.2, 0) is 16.1 Å². The van der Waals surface area contributed by atoms with Crippen molar-refractivity contribution in [2.75, 3.05) is 10.5 Å². The Labute approximate surface area is 187 Å². The van der Waals surface area contributed by atoms with E-state index >= 15 is 0 Å². The number of nitrogens with zero attached hydrogens (tertiary/aromatic N) is 3. The van der Waals surface area contributed by atoms with Gasteiger partial charge in [0, 0.05) is 17.7 Å². The average molecular weight is 451 g/mol. The summed E-state index contributed by atoms with van der Waals surface area (Å²) in [5.74, 6) is -3.05. The zero-order chi connectivity index (χ0) is 24.0. The van der Waals surface area contributed by atoms with E-state index in [1.165, 1.54) is 18.3 Å². The second kappa shape index (κ2) is 10.2. The highest BCUT2D eigenvalue weighted by molar-refractivity contribution is 6.15. The fraction of sp³-hybridized carbons (Fsp3) is 0.211. The number of carboxylic acid groups (broad SMARTS) is 2. The van der Waals surface area contributed by atoms with Gasteiger partial charge in [-0.25, -0.2) is 14.8 Å². The summed E-state index contributed by atoms with van der Waals surface area (Å²) in [5, 5.41) is 25.5. The minimum atomic E-state index is -1.32. The number of H-pyrrole nitrogens is 1. The number of nitrogens with one attached hydrogen (secondary N) is 4. The zero-order valence-corrected chi connectivity index (χ0v) is 17.0. The van der Waals surface area contributed by atoms with E-state index in [2.05, 4.69) is 35.8 Å². The van der Waals surface area contributed by atoms with Gasteiger partial charge in [-0.1, -0.05) is 0 Å². The van der Waals surface area contributed by atoms with Crippen molar-refractivity contribution in [1.82, 2.24) is 25.3 Å². The van der Waals surface area contributed by atoms with Gasteiger partial charge in [0.15, 0.2) is 17.1 Å². The number of carboxylic acids is 2. The lowest BCUT2D eigenvalue weighted by molar-refractivity contribution is -0.140. The molecule has 1 unspecified atom stereocenters. The lowest BCUT2D eigenvalue weighted by Crippen LogP contribution is -2.41. The predicted molar refractivity (Wildman–Crippen MR) is 117 cm³/mol. The van der Waals surface area contributed by atoms with Crippen molar-refractivity contribution in [3.05, 3.63) is 52.1 Å². The molecule has 0 aliphatic heterocycles. The SMILES string of the molecule is [B]Nc1nc2ncc(CNc3ccc(C(=O)NC(CCC(=O)O)C(=O)O)cc3)nc2c(=O)[nH]1. The molecule has 3 rings (SSSR count). The molecule has 2 aromatic heterocycles. The fourth-order valence-corrected chi connectivity index (χ4v) is 2.81. The quantitative estimate of drug-likeness (QED) is 0.224. The number of hydrogen-bond acceptors (Lipinski definition) is 9. The van der Waals surface area contributed by atoms with Gasteiger partial charge in [-0.05, 0) is 30.7 Å². The molecule has 168 valence electrons. The van der Waals surface area contributed by atoms with Crippen molar-refractivity contribution < 1.29 is 24.6 Å². The number of aliphatic carboxylic acids is 2. The van der Waals surface area contributed by atoms with Gasteiger partial charge in [-0.15, -0.1) is 0 Å². The van der Waals surface area contributed by atoms with Crippen molar-refractivity contribution >= 4 is 48.6 Å². The van der Waals surface area contributed by atoms with Gasteiger partial charge in [0.25, 0.3) is 11.5 Å². The van der Waals surface area contributed by atoms with Crippen LogP contribution in [0.1, 0.15) is 28.9 Å². The van der Waals surface area contributed by atoms with E-state index in [9.17, 15) is 19.2 Å². The number of aromatic amines is 1. The smallest absolute Gasteiger partial charge is 0.326 e. The van der Waals surface area contributed by atoms with Crippen LogP contribution in [0.4, 0.5) is 11.6 Å². The summed E-state index contributed by atoms with van der Waals surface area (Å²) >= 11 is 0. The van der Waals surface area contributed by atoms with Crippen LogP contribution in [0.5, 0.6) is 0 Å². The van der Waals surface area contributed by atoms with E-state index in [1.807, 2.05) is 0 Å². The summed E-state index contributed by atoms with van der Waals surface area (Å²) in [6, 6.07) is 4.85. The molecule has 0 spiro atoms. The summed E-state index contributed by atoms with van der Waals surface area (Å²) < 4.78 is 0. The molecular formula is C19H18BN7O6. The van der Waals surface area contributed by atoms with Gasteiger partial charge in [0.05, 0.1) is 18.4 Å². The molecule has 2 heterocycles. The van der Waals surface area contributed by atoms with Gasteiger partial charge < -0.3 is 26.1 Å². The third-order valence-corrected chi connectivity index (χ3v) is 4.48. The standard InChI is InChI=1S/C19H18BN7O6/c20-27-19-25-15-14(17(31)26-19)23-11(8-22-15)7-21-10-3-1-9(2-4-10)16(30)24-12(18(32)33)5-6-13(28)29/h1-4,8,12,21H,5-7H2,(H,24,30)(H,28,29)(H,32,33)(H2,22,25,26,27,31). The molecule has 14 heteroatoms. The molecule has 33 heavy (non-hydrogen) atoms. The maximum absolute atomic E-state index is 12.3. The molecule has 1 aromatic carbocycles. The highest BCUT2D eigenvalue weighted by Crippen LogP contribution is 2.12. The number of anilines is 2. The van der Waals surface area contributed by atoms with Gasteiger partial charge in [-0.2, -0.15) is 4.98 Å². The van der Waals surface area contributed by atoms with Crippen LogP contribution in [0.3, 0.4) is 0 Å². The van der Waals surface area contributed by atoms with Crippen molar-refractivity contribution in [1.29, 1.82) is 0 Å². The first-order chi connectivity index (χ1) is 15.8. The molecule has 1 atom stereocenters. The first-order valence-corrected chi connectivity index (χ1v) is 9.58. The Morgan fingerprint density at radius 1 is 1.12 bits per heavy atom. The highest BCUT2D eigenvalue weighted by Gasteiger charge is 2.21. The van der Waals surface area contributed by atoms with Gasteiger partial charge in [-0.3, -0.25) is 19.4 Å². The summed E-state index contributed by atoms with van der Waals surface area (Å²) in [5.41, 5.74) is 0.983. The lowest BCUT2D eigenvalue weighted by atomic mass is 10.1. The summed E-state index contributed by atoms with van der Waals surface area (Å²) in [6.07, 6.45) is 0.836. The highest BCUT2D eigenvalue weighted by atomic mass is 16.4.